The van der Waals surface area contributed by atoms with Crippen molar-refractivity contribution in [1.82, 2.24) is 24.9 Å². The van der Waals surface area contributed by atoms with Crippen LogP contribution in [0.15, 0.2) is 58.1 Å². The smallest absolute Gasteiger partial charge is 0.271 e. The first kappa shape index (κ1) is 19.7. The van der Waals surface area contributed by atoms with Crippen LogP contribution in [0.25, 0.3) is 0 Å². The lowest BCUT2D eigenvalue weighted by Gasteiger charge is -2.09. The number of carbonyl (C=O) groups is 1. The van der Waals surface area contributed by atoms with Gasteiger partial charge < -0.3 is 5.32 Å². The van der Waals surface area contributed by atoms with E-state index in [4.69, 9.17) is 0 Å². The second-order valence-electron chi connectivity index (χ2n) is 7.19. The first-order valence-corrected chi connectivity index (χ1v) is 9.68. The van der Waals surface area contributed by atoms with Gasteiger partial charge in [-0.05, 0) is 42.7 Å². The van der Waals surface area contributed by atoms with Crippen LogP contribution in [0.2, 0.25) is 0 Å². The minimum Gasteiger partial charge on any atom is -0.349 e. The quantitative estimate of drug-likeness (QED) is 0.634. The molecule has 1 aliphatic carbocycles. The van der Waals surface area contributed by atoms with Crippen LogP contribution in [0.4, 0.5) is 4.39 Å². The molecule has 8 nitrogen and oxygen atoms in total. The van der Waals surface area contributed by atoms with E-state index in [-0.39, 0.29) is 30.9 Å². The van der Waals surface area contributed by atoms with Crippen LogP contribution >= 0.6 is 0 Å². The van der Waals surface area contributed by atoms with E-state index < -0.39 is 17.3 Å². The van der Waals surface area contributed by atoms with E-state index >= 15 is 0 Å². The van der Waals surface area contributed by atoms with Crippen LogP contribution in [0.3, 0.4) is 0 Å². The Kier molecular flexibility index (Phi) is 5.51. The highest BCUT2D eigenvalue weighted by molar-refractivity contribution is 5.91. The van der Waals surface area contributed by atoms with Gasteiger partial charge in [-0.25, -0.2) is 13.8 Å². The number of hydrogen-bond acceptors (Lipinski definition) is 5. The summed E-state index contributed by atoms with van der Waals surface area (Å²) in [7, 11) is 0. The van der Waals surface area contributed by atoms with E-state index in [9.17, 15) is 18.8 Å². The maximum atomic E-state index is 13.4. The van der Waals surface area contributed by atoms with Crippen LogP contribution in [0, 0.1) is 5.82 Å². The summed E-state index contributed by atoms with van der Waals surface area (Å²) in [5.74, 6) is -0.465. The highest BCUT2D eigenvalue weighted by atomic mass is 19.1. The fourth-order valence-corrected chi connectivity index (χ4v) is 3.08. The van der Waals surface area contributed by atoms with Crippen LogP contribution in [0.5, 0.6) is 0 Å². The normalized spacial score (nSPS) is 13.2. The van der Waals surface area contributed by atoms with E-state index in [0.717, 1.165) is 23.2 Å². The summed E-state index contributed by atoms with van der Waals surface area (Å²) in [4.78, 5) is 36.4. The van der Waals surface area contributed by atoms with Crippen molar-refractivity contribution in [2.24, 2.45) is 0 Å². The average molecular weight is 409 g/mol. The zero-order valence-electron chi connectivity index (χ0n) is 16.1. The first-order valence-electron chi connectivity index (χ1n) is 9.68. The molecule has 1 saturated carbocycles. The molecule has 1 N–H and O–H groups in total. The Labute approximate surface area is 171 Å². The fraction of sp³-hybridized carbons (Fsp3) is 0.286. The second kappa shape index (κ2) is 8.40. The molecule has 0 unspecified atom stereocenters. The van der Waals surface area contributed by atoms with E-state index in [2.05, 4.69) is 15.5 Å². The van der Waals surface area contributed by atoms with Crippen molar-refractivity contribution in [3.05, 3.63) is 92.0 Å². The summed E-state index contributed by atoms with van der Waals surface area (Å²) in [5.41, 5.74) is 0.882. The molecule has 0 aliphatic heterocycles. The number of carbonyl (C=O) groups excluding carboxylic acids is 1. The molecule has 0 spiro atoms. The maximum Gasteiger partial charge on any atom is 0.271 e. The Balaban J connectivity index is 1.41. The second-order valence-corrected chi connectivity index (χ2v) is 7.19. The zero-order valence-corrected chi connectivity index (χ0v) is 16.1. The van der Waals surface area contributed by atoms with Crippen LogP contribution in [-0.2, 0) is 13.1 Å². The summed E-state index contributed by atoms with van der Waals surface area (Å²) >= 11 is 0. The number of halogens is 1. The molecule has 2 aromatic heterocycles. The predicted molar refractivity (Wildman–Crippen MR) is 107 cm³/mol. The molecule has 154 valence electrons. The summed E-state index contributed by atoms with van der Waals surface area (Å²) in [6, 6.07) is 11.6. The Morgan fingerprint density at radius 2 is 1.80 bits per heavy atom. The number of nitrogens with one attached hydrogen (secondary N) is 1. The van der Waals surface area contributed by atoms with E-state index in [1.807, 2.05) is 0 Å². The molecule has 0 bridgehead atoms. The maximum absolute atomic E-state index is 13.4. The third-order valence-electron chi connectivity index (χ3n) is 4.81. The molecule has 0 saturated heterocycles. The SMILES string of the molecule is O=C(NCCn1nc(C2CC2)ccc1=O)c1ccc(=O)n(Cc2cccc(F)c2)n1. The standard InChI is InChI=1S/C21H20FN5O3/c22-16-3-1-2-14(12-16)13-27-20(29)9-7-18(25-27)21(30)23-10-11-26-19(28)8-6-17(24-26)15-4-5-15/h1-3,6-9,12,15H,4-5,10-11,13H2,(H,23,30). The van der Waals surface area contributed by atoms with E-state index in [1.54, 1.807) is 18.2 Å². The number of aromatic nitrogens is 4. The van der Waals surface area contributed by atoms with Gasteiger partial charge in [-0.15, -0.1) is 0 Å². The van der Waals surface area contributed by atoms with Gasteiger partial charge in [0, 0.05) is 24.6 Å². The number of benzene rings is 1. The lowest BCUT2D eigenvalue weighted by atomic mass is 10.2. The van der Waals surface area contributed by atoms with Crippen molar-refractivity contribution >= 4 is 5.91 Å². The van der Waals surface area contributed by atoms with Crippen molar-refractivity contribution in [3.63, 3.8) is 0 Å². The molecule has 0 atom stereocenters. The Morgan fingerprint density at radius 3 is 2.57 bits per heavy atom. The summed E-state index contributed by atoms with van der Waals surface area (Å²) in [5, 5.41) is 11.1. The monoisotopic (exact) mass is 409 g/mol. The Morgan fingerprint density at radius 1 is 1.03 bits per heavy atom. The molecule has 4 rings (SSSR count). The fourth-order valence-electron chi connectivity index (χ4n) is 3.08. The van der Waals surface area contributed by atoms with Crippen LogP contribution in [-0.4, -0.2) is 32.0 Å². The van der Waals surface area contributed by atoms with Gasteiger partial charge in [-0.3, -0.25) is 14.4 Å². The number of rotatable bonds is 7. The molecule has 9 heteroatoms. The van der Waals surface area contributed by atoms with Crippen molar-refractivity contribution in [2.75, 3.05) is 6.54 Å². The van der Waals surface area contributed by atoms with Crippen molar-refractivity contribution in [1.29, 1.82) is 0 Å². The Hall–Kier alpha value is -3.62. The van der Waals surface area contributed by atoms with Gasteiger partial charge in [-0.1, -0.05) is 12.1 Å². The molecule has 1 aromatic carbocycles. The van der Waals surface area contributed by atoms with Crippen molar-refractivity contribution < 1.29 is 9.18 Å². The van der Waals surface area contributed by atoms with Gasteiger partial charge in [0.15, 0.2) is 0 Å². The van der Waals surface area contributed by atoms with Crippen molar-refractivity contribution in [2.45, 2.75) is 31.8 Å². The summed E-state index contributed by atoms with van der Waals surface area (Å²) in [6.07, 6.45) is 2.16. The van der Waals surface area contributed by atoms with E-state index in [1.165, 1.54) is 35.0 Å². The minimum absolute atomic E-state index is 0.0466. The number of hydrogen-bond donors (Lipinski definition) is 1. The highest BCUT2D eigenvalue weighted by Crippen LogP contribution is 2.38. The molecule has 1 aliphatic rings. The van der Waals surface area contributed by atoms with Gasteiger partial charge in [0.1, 0.15) is 11.5 Å². The van der Waals surface area contributed by atoms with Crippen LogP contribution < -0.4 is 16.4 Å². The van der Waals surface area contributed by atoms with Gasteiger partial charge in [0.25, 0.3) is 17.0 Å². The molecule has 30 heavy (non-hydrogen) atoms. The highest BCUT2D eigenvalue weighted by Gasteiger charge is 2.25. The number of nitrogens with zero attached hydrogens (tertiary/aromatic N) is 4. The molecule has 1 fully saturated rings. The molecule has 2 heterocycles. The zero-order chi connectivity index (χ0) is 21.1. The number of amides is 1. The largest absolute Gasteiger partial charge is 0.349 e. The van der Waals surface area contributed by atoms with Crippen LogP contribution in [0.1, 0.15) is 40.5 Å². The lowest BCUT2D eigenvalue weighted by molar-refractivity contribution is 0.0944. The van der Waals surface area contributed by atoms with Gasteiger partial charge >= 0.3 is 0 Å². The van der Waals surface area contributed by atoms with E-state index in [0.29, 0.717) is 11.5 Å². The Bertz CT molecular complexity index is 1200. The van der Waals surface area contributed by atoms with Gasteiger partial charge in [0.2, 0.25) is 0 Å². The summed E-state index contributed by atoms with van der Waals surface area (Å²) < 4.78 is 15.8. The molecule has 3 aromatic rings. The predicted octanol–water partition coefficient (Wildman–Crippen LogP) is 1.29. The third kappa shape index (κ3) is 4.68. The minimum atomic E-state index is -0.477. The lowest BCUT2D eigenvalue weighted by Crippen LogP contribution is -2.34. The first-order chi connectivity index (χ1) is 14.5. The third-order valence-corrected chi connectivity index (χ3v) is 4.81. The molecule has 1 amide bonds. The van der Waals surface area contributed by atoms with Gasteiger partial charge in [0.05, 0.1) is 18.8 Å². The molecular weight excluding hydrogens is 389 g/mol. The summed E-state index contributed by atoms with van der Waals surface area (Å²) in [6.45, 7) is 0.462. The molecule has 0 radical (unpaired) electrons. The molecular formula is C21H20FN5O3. The average Bonchev–Trinajstić information content (AvgIpc) is 3.56. The van der Waals surface area contributed by atoms with Gasteiger partial charge in [-0.2, -0.15) is 10.2 Å². The van der Waals surface area contributed by atoms with Crippen molar-refractivity contribution in [3.8, 4) is 0 Å². The topological polar surface area (TPSA) is 98.9 Å².